The molecule has 0 bridgehead atoms. The van der Waals surface area contributed by atoms with Gasteiger partial charge in [0.05, 0.1) is 0 Å². The second-order valence-electron chi connectivity index (χ2n) is 4.07. The van der Waals surface area contributed by atoms with Crippen molar-refractivity contribution in [2.45, 2.75) is 33.8 Å². The summed E-state index contributed by atoms with van der Waals surface area (Å²) >= 11 is 0. The molecule has 0 amide bonds. The van der Waals surface area contributed by atoms with E-state index in [1.807, 2.05) is 32.9 Å². The summed E-state index contributed by atoms with van der Waals surface area (Å²) in [6.45, 7) is 6.40. The fraction of sp³-hybridized carbons (Fsp3) is 0.385. The predicted octanol–water partition coefficient (Wildman–Crippen LogP) is 2.83. The molecule has 0 radical (unpaired) electrons. The lowest BCUT2D eigenvalue weighted by Crippen LogP contribution is -1.98. The van der Waals surface area contributed by atoms with E-state index in [-0.39, 0.29) is 0 Å². The zero-order chi connectivity index (χ0) is 12.3. The van der Waals surface area contributed by atoms with E-state index in [0.29, 0.717) is 18.3 Å². The van der Waals surface area contributed by atoms with Crippen LogP contribution in [-0.2, 0) is 13.0 Å². The summed E-state index contributed by atoms with van der Waals surface area (Å²) in [4.78, 5) is 4.19. The second-order valence-corrected chi connectivity index (χ2v) is 4.07. The Balaban J connectivity index is 2.01. The number of hydrogen-bond donors (Lipinski definition) is 0. The van der Waals surface area contributed by atoms with Crippen molar-refractivity contribution in [2.75, 3.05) is 0 Å². The molecule has 4 nitrogen and oxygen atoms in total. The Morgan fingerprint density at radius 2 is 1.88 bits per heavy atom. The summed E-state index contributed by atoms with van der Waals surface area (Å²) in [5, 5.41) is 3.84. The molecule has 0 aliphatic heterocycles. The van der Waals surface area contributed by atoms with Crippen molar-refractivity contribution in [3.63, 3.8) is 0 Å². The Hall–Kier alpha value is -1.84. The molecule has 0 unspecified atom stereocenters. The Morgan fingerprint density at radius 3 is 2.47 bits per heavy atom. The maximum atomic E-state index is 5.63. The molecule has 90 valence electrons. The standard InChI is InChI=1S/C13H16N2O2/c1-4-13-14-12(15-17-13)8-16-11-6-9(2)5-10(3)7-11/h5-7H,4,8H2,1-3H3. The van der Waals surface area contributed by atoms with Crippen LogP contribution in [0.4, 0.5) is 0 Å². The van der Waals surface area contributed by atoms with Crippen molar-refractivity contribution in [2.24, 2.45) is 0 Å². The molecule has 0 spiro atoms. The van der Waals surface area contributed by atoms with Gasteiger partial charge in [0, 0.05) is 6.42 Å². The van der Waals surface area contributed by atoms with Crippen LogP contribution in [0.3, 0.4) is 0 Å². The van der Waals surface area contributed by atoms with Gasteiger partial charge in [-0.2, -0.15) is 4.98 Å². The summed E-state index contributed by atoms with van der Waals surface area (Å²) in [5.41, 5.74) is 2.37. The van der Waals surface area contributed by atoms with Crippen molar-refractivity contribution < 1.29 is 9.26 Å². The molecule has 4 heteroatoms. The Labute approximate surface area is 101 Å². The molecule has 0 N–H and O–H groups in total. The van der Waals surface area contributed by atoms with Crippen LogP contribution in [0.15, 0.2) is 22.7 Å². The summed E-state index contributed by atoms with van der Waals surface area (Å²) in [6.07, 6.45) is 0.747. The first-order valence-corrected chi connectivity index (χ1v) is 5.70. The third kappa shape index (κ3) is 3.06. The SMILES string of the molecule is CCc1nc(COc2cc(C)cc(C)c2)no1. The minimum Gasteiger partial charge on any atom is -0.485 e. The van der Waals surface area contributed by atoms with Crippen molar-refractivity contribution in [3.05, 3.63) is 41.0 Å². The van der Waals surface area contributed by atoms with Crippen LogP contribution >= 0.6 is 0 Å². The summed E-state index contributed by atoms with van der Waals surface area (Å²) in [6, 6.07) is 6.10. The van der Waals surface area contributed by atoms with Gasteiger partial charge < -0.3 is 9.26 Å². The normalized spacial score (nSPS) is 10.5. The lowest BCUT2D eigenvalue weighted by molar-refractivity contribution is 0.285. The average molecular weight is 232 g/mol. The van der Waals surface area contributed by atoms with Crippen LogP contribution in [-0.4, -0.2) is 10.1 Å². The molecule has 0 aliphatic rings. The molecule has 0 fully saturated rings. The van der Waals surface area contributed by atoms with E-state index < -0.39 is 0 Å². The Kier molecular flexibility index (Phi) is 3.42. The van der Waals surface area contributed by atoms with Gasteiger partial charge in [-0.1, -0.05) is 18.1 Å². The van der Waals surface area contributed by atoms with Crippen molar-refractivity contribution in [1.82, 2.24) is 10.1 Å². The predicted molar refractivity (Wildman–Crippen MR) is 63.9 cm³/mol. The van der Waals surface area contributed by atoms with E-state index >= 15 is 0 Å². The number of hydrogen-bond acceptors (Lipinski definition) is 4. The monoisotopic (exact) mass is 232 g/mol. The van der Waals surface area contributed by atoms with E-state index in [9.17, 15) is 0 Å². The minimum atomic E-state index is 0.340. The number of nitrogens with zero attached hydrogens (tertiary/aromatic N) is 2. The van der Waals surface area contributed by atoms with Gasteiger partial charge in [0.25, 0.3) is 0 Å². The molecule has 0 saturated carbocycles. The van der Waals surface area contributed by atoms with Gasteiger partial charge in [0.2, 0.25) is 11.7 Å². The molecule has 0 aliphatic carbocycles. The van der Waals surface area contributed by atoms with E-state index in [1.54, 1.807) is 0 Å². The first-order chi connectivity index (χ1) is 8.17. The molecule has 1 aromatic carbocycles. The quantitative estimate of drug-likeness (QED) is 0.813. The van der Waals surface area contributed by atoms with E-state index in [4.69, 9.17) is 9.26 Å². The zero-order valence-corrected chi connectivity index (χ0v) is 10.4. The molecular formula is C13H16N2O2. The van der Waals surface area contributed by atoms with E-state index in [2.05, 4.69) is 16.2 Å². The topological polar surface area (TPSA) is 48.2 Å². The van der Waals surface area contributed by atoms with Crippen molar-refractivity contribution in [1.29, 1.82) is 0 Å². The molecular weight excluding hydrogens is 216 g/mol. The Bertz CT molecular complexity index is 486. The van der Waals surface area contributed by atoms with Gasteiger partial charge in [-0.05, 0) is 37.1 Å². The highest BCUT2D eigenvalue weighted by atomic mass is 16.5. The summed E-state index contributed by atoms with van der Waals surface area (Å²) in [5.74, 6) is 2.07. The molecule has 0 atom stereocenters. The molecule has 17 heavy (non-hydrogen) atoms. The van der Waals surface area contributed by atoms with Crippen LogP contribution in [0.2, 0.25) is 0 Å². The lowest BCUT2D eigenvalue weighted by atomic mass is 10.1. The zero-order valence-electron chi connectivity index (χ0n) is 10.4. The number of aromatic nitrogens is 2. The molecule has 2 rings (SSSR count). The van der Waals surface area contributed by atoms with Crippen molar-refractivity contribution >= 4 is 0 Å². The molecule has 1 aromatic heterocycles. The van der Waals surface area contributed by atoms with Crippen LogP contribution in [0.25, 0.3) is 0 Å². The maximum absolute atomic E-state index is 5.63. The fourth-order valence-corrected chi connectivity index (χ4v) is 1.66. The highest BCUT2D eigenvalue weighted by molar-refractivity contribution is 5.32. The van der Waals surface area contributed by atoms with Crippen molar-refractivity contribution in [3.8, 4) is 5.75 Å². The molecule has 0 saturated heterocycles. The van der Waals surface area contributed by atoms with Crippen LogP contribution in [0, 0.1) is 13.8 Å². The highest BCUT2D eigenvalue weighted by Gasteiger charge is 2.05. The Morgan fingerprint density at radius 1 is 1.18 bits per heavy atom. The maximum Gasteiger partial charge on any atom is 0.226 e. The average Bonchev–Trinajstić information content (AvgIpc) is 2.73. The summed E-state index contributed by atoms with van der Waals surface area (Å²) in [7, 11) is 0. The van der Waals surface area contributed by atoms with Gasteiger partial charge in [0.1, 0.15) is 5.75 Å². The van der Waals surface area contributed by atoms with Gasteiger partial charge >= 0.3 is 0 Å². The van der Waals surface area contributed by atoms with E-state index in [1.165, 1.54) is 11.1 Å². The number of aryl methyl sites for hydroxylation is 3. The van der Waals surface area contributed by atoms with Gasteiger partial charge in [-0.25, -0.2) is 0 Å². The van der Waals surface area contributed by atoms with Gasteiger partial charge in [-0.3, -0.25) is 0 Å². The van der Waals surface area contributed by atoms with E-state index in [0.717, 1.165) is 12.2 Å². The van der Waals surface area contributed by atoms with Gasteiger partial charge in [-0.15, -0.1) is 0 Å². The third-order valence-electron chi connectivity index (χ3n) is 2.38. The number of rotatable bonds is 4. The number of benzene rings is 1. The number of ether oxygens (including phenoxy) is 1. The largest absolute Gasteiger partial charge is 0.485 e. The fourth-order valence-electron chi connectivity index (χ4n) is 1.66. The van der Waals surface area contributed by atoms with Crippen LogP contribution in [0.5, 0.6) is 5.75 Å². The summed E-state index contributed by atoms with van der Waals surface area (Å²) < 4.78 is 10.6. The molecule has 2 aromatic rings. The lowest BCUT2D eigenvalue weighted by Gasteiger charge is -2.05. The first kappa shape index (κ1) is 11.6. The molecule has 1 heterocycles. The van der Waals surface area contributed by atoms with Crippen LogP contribution < -0.4 is 4.74 Å². The third-order valence-corrected chi connectivity index (χ3v) is 2.38. The van der Waals surface area contributed by atoms with Gasteiger partial charge in [0.15, 0.2) is 6.61 Å². The second kappa shape index (κ2) is 4.99. The minimum absolute atomic E-state index is 0.340. The first-order valence-electron chi connectivity index (χ1n) is 5.70. The highest BCUT2D eigenvalue weighted by Crippen LogP contribution is 2.17. The smallest absolute Gasteiger partial charge is 0.226 e. The van der Waals surface area contributed by atoms with Crippen LogP contribution in [0.1, 0.15) is 29.8 Å².